The van der Waals surface area contributed by atoms with Crippen LogP contribution in [0.2, 0.25) is 0 Å². The minimum Gasteiger partial charge on any atom is -0.387 e. The molecule has 2 bridgehead atoms. The number of nitrogens with zero attached hydrogens (tertiary/aromatic N) is 2. The van der Waals surface area contributed by atoms with Crippen LogP contribution in [0.25, 0.3) is 0 Å². The van der Waals surface area contributed by atoms with Gasteiger partial charge in [-0.3, -0.25) is 9.69 Å². The molecule has 14 heavy (non-hydrogen) atoms. The number of hydrogen-bond donors (Lipinski definition) is 1. The zero-order valence-electron chi connectivity index (χ0n) is 8.81. The molecule has 0 saturated carbocycles. The highest BCUT2D eigenvalue weighted by Crippen LogP contribution is 2.31. The molecule has 0 radical (unpaired) electrons. The third-order valence-electron chi connectivity index (χ3n) is 3.40. The van der Waals surface area contributed by atoms with Crippen molar-refractivity contribution in [3.63, 3.8) is 0 Å². The number of carbonyl (C=O) groups is 1. The average Bonchev–Trinajstić information content (AvgIpc) is 2.74. The van der Waals surface area contributed by atoms with E-state index in [0.29, 0.717) is 18.1 Å². The lowest BCUT2D eigenvalue weighted by Crippen LogP contribution is -2.51. The Morgan fingerprint density at radius 2 is 2.14 bits per heavy atom. The standard InChI is InChI=1S/C10H18N2O2/c1-7(2)11-4-9-3-8(11)5-12(9)10(14)6-13/h7-9,13H,3-6H2,1-2H3. The molecule has 80 valence electrons. The summed E-state index contributed by atoms with van der Waals surface area (Å²) in [5.74, 6) is -0.110. The number of likely N-dealkylation sites (tertiary alicyclic amines) is 2. The van der Waals surface area contributed by atoms with Crippen molar-refractivity contribution in [1.82, 2.24) is 9.80 Å². The van der Waals surface area contributed by atoms with Gasteiger partial charge >= 0.3 is 0 Å². The van der Waals surface area contributed by atoms with Gasteiger partial charge in [0.15, 0.2) is 0 Å². The molecule has 2 heterocycles. The summed E-state index contributed by atoms with van der Waals surface area (Å²) in [4.78, 5) is 15.6. The van der Waals surface area contributed by atoms with E-state index in [0.717, 1.165) is 19.5 Å². The van der Waals surface area contributed by atoms with Gasteiger partial charge in [0.2, 0.25) is 5.91 Å². The molecule has 0 aromatic rings. The monoisotopic (exact) mass is 198 g/mol. The SMILES string of the molecule is CC(C)N1CC2CC1CN2C(=O)CO. The van der Waals surface area contributed by atoms with Crippen molar-refractivity contribution >= 4 is 5.91 Å². The van der Waals surface area contributed by atoms with Crippen LogP contribution in [0.3, 0.4) is 0 Å². The number of aliphatic hydroxyl groups excluding tert-OH is 1. The number of fused-ring (bicyclic) bond motifs is 2. The van der Waals surface area contributed by atoms with Crippen LogP contribution in [-0.2, 0) is 4.79 Å². The number of carbonyl (C=O) groups excluding carboxylic acids is 1. The van der Waals surface area contributed by atoms with E-state index in [1.165, 1.54) is 0 Å². The highest BCUT2D eigenvalue weighted by molar-refractivity contribution is 5.78. The summed E-state index contributed by atoms with van der Waals surface area (Å²) in [5.41, 5.74) is 0. The molecule has 4 heteroatoms. The topological polar surface area (TPSA) is 43.8 Å². The number of hydrogen-bond acceptors (Lipinski definition) is 3. The van der Waals surface area contributed by atoms with Crippen molar-refractivity contribution in [2.24, 2.45) is 0 Å². The predicted octanol–water partition coefficient (Wildman–Crippen LogP) is -0.328. The number of rotatable bonds is 2. The van der Waals surface area contributed by atoms with E-state index < -0.39 is 0 Å². The van der Waals surface area contributed by atoms with Crippen molar-refractivity contribution in [2.45, 2.75) is 38.4 Å². The first-order valence-electron chi connectivity index (χ1n) is 5.29. The number of piperazine rings is 1. The Morgan fingerprint density at radius 3 is 2.57 bits per heavy atom. The van der Waals surface area contributed by atoms with Gasteiger partial charge in [0.25, 0.3) is 0 Å². The molecule has 2 atom stereocenters. The lowest BCUT2D eigenvalue weighted by atomic mass is 10.2. The molecule has 2 unspecified atom stereocenters. The van der Waals surface area contributed by atoms with Crippen LogP contribution in [0.1, 0.15) is 20.3 Å². The first-order chi connectivity index (χ1) is 6.63. The summed E-state index contributed by atoms with van der Waals surface area (Å²) in [6.07, 6.45) is 1.09. The molecule has 0 aliphatic carbocycles. The van der Waals surface area contributed by atoms with Crippen LogP contribution >= 0.6 is 0 Å². The molecule has 2 fully saturated rings. The normalized spacial score (nSPS) is 31.9. The third-order valence-corrected chi connectivity index (χ3v) is 3.40. The summed E-state index contributed by atoms with van der Waals surface area (Å²) in [7, 11) is 0. The maximum absolute atomic E-state index is 11.3. The molecule has 2 rings (SSSR count). The molecule has 2 saturated heterocycles. The van der Waals surface area contributed by atoms with Crippen molar-refractivity contribution in [2.75, 3.05) is 19.7 Å². The van der Waals surface area contributed by atoms with Gasteiger partial charge < -0.3 is 10.0 Å². The summed E-state index contributed by atoms with van der Waals surface area (Å²) in [6, 6.07) is 1.44. The molecular formula is C10H18N2O2. The fourth-order valence-corrected chi connectivity index (χ4v) is 2.73. The highest BCUT2D eigenvalue weighted by Gasteiger charge is 2.45. The second-order valence-electron chi connectivity index (χ2n) is 4.54. The van der Waals surface area contributed by atoms with Crippen LogP contribution in [0, 0.1) is 0 Å². The Hall–Kier alpha value is -0.610. The van der Waals surface area contributed by atoms with E-state index in [2.05, 4.69) is 18.7 Å². The van der Waals surface area contributed by atoms with Gasteiger partial charge in [0.05, 0.1) is 0 Å². The smallest absolute Gasteiger partial charge is 0.248 e. The average molecular weight is 198 g/mol. The molecule has 2 aliphatic rings. The maximum atomic E-state index is 11.3. The van der Waals surface area contributed by atoms with Crippen LogP contribution in [0.5, 0.6) is 0 Å². The first-order valence-corrected chi connectivity index (χ1v) is 5.29. The van der Waals surface area contributed by atoms with Gasteiger partial charge in [0, 0.05) is 31.2 Å². The minimum atomic E-state index is -0.342. The van der Waals surface area contributed by atoms with Crippen LogP contribution in [-0.4, -0.2) is 58.6 Å². The quantitative estimate of drug-likeness (QED) is 0.661. The largest absolute Gasteiger partial charge is 0.387 e. The lowest BCUT2D eigenvalue weighted by molar-refractivity contribution is -0.136. The van der Waals surface area contributed by atoms with Gasteiger partial charge in [-0.05, 0) is 20.3 Å². The van der Waals surface area contributed by atoms with E-state index in [1.54, 1.807) is 0 Å². The zero-order chi connectivity index (χ0) is 10.3. The van der Waals surface area contributed by atoms with Crippen LogP contribution < -0.4 is 0 Å². The van der Waals surface area contributed by atoms with Crippen LogP contribution in [0.15, 0.2) is 0 Å². The summed E-state index contributed by atoms with van der Waals surface area (Å²) >= 11 is 0. The Bertz CT molecular complexity index is 242. The van der Waals surface area contributed by atoms with E-state index in [1.807, 2.05) is 4.90 Å². The van der Waals surface area contributed by atoms with Crippen LogP contribution in [0.4, 0.5) is 0 Å². The van der Waals surface area contributed by atoms with E-state index in [4.69, 9.17) is 5.11 Å². The van der Waals surface area contributed by atoms with Crippen molar-refractivity contribution in [1.29, 1.82) is 0 Å². The van der Waals surface area contributed by atoms with Crippen molar-refractivity contribution in [3.8, 4) is 0 Å². The Kier molecular flexibility index (Phi) is 2.49. The zero-order valence-corrected chi connectivity index (χ0v) is 8.81. The lowest BCUT2D eigenvalue weighted by Gasteiger charge is -2.36. The summed E-state index contributed by atoms with van der Waals surface area (Å²) < 4.78 is 0. The van der Waals surface area contributed by atoms with Gasteiger partial charge in [-0.25, -0.2) is 0 Å². The molecule has 0 aromatic heterocycles. The van der Waals surface area contributed by atoms with Crippen molar-refractivity contribution in [3.05, 3.63) is 0 Å². The van der Waals surface area contributed by atoms with E-state index >= 15 is 0 Å². The van der Waals surface area contributed by atoms with Gasteiger partial charge in [0.1, 0.15) is 6.61 Å². The third kappa shape index (κ3) is 1.42. The fourth-order valence-electron chi connectivity index (χ4n) is 2.73. The highest BCUT2D eigenvalue weighted by atomic mass is 16.3. The summed E-state index contributed by atoms with van der Waals surface area (Å²) in [6.45, 7) is 5.83. The summed E-state index contributed by atoms with van der Waals surface area (Å²) in [5, 5.41) is 8.79. The van der Waals surface area contributed by atoms with Gasteiger partial charge in [-0.1, -0.05) is 0 Å². The van der Waals surface area contributed by atoms with Gasteiger partial charge in [-0.2, -0.15) is 0 Å². The fraction of sp³-hybridized carbons (Fsp3) is 0.900. The predicted molar refractivity (Wildman–Crippen MR) is 52.8 cm³/mol. The Labute approximate surface area is 84.5 Å². The molecule has 4 nitrogen and oxygen atoms in total. The molecule has 1 N–H and O–H groups in total. The van der Waals surface area contributed by atoms with Gasteiger partial charge in [-0.15, -0.1) is 0 Å². The van der Waals surface area contributed by atoms with E-state index in [9.17, 15) is 4.79 Å². The second-order valence-corrected chi connectivity index (χ2v) is 4.54. The number of amides is 1. The molecule has 0 aromatic carbocycles. The minimum absolute atomic E-state index is 0.110. The Balaban J connectivity index is 1.99. The second kappa shape index (κ2) is 3.51. The molecule has 1 amide bonds. The maximum Gasteiger partial charge on any atom is 0.248 e. The van der Waals surface area contributed by atoms with Crippen molar-refractivity contribution < 1.29 is 9.90 Å². The molecular weight excluding hydrogens is 180 g/mol. The van der Waals surface area contributed by atoms with E-state index in [-0.39, 0.29) is 12.5 Å². The number of aliphatic hydroxyl groups is 1. The first kappa shape index (κ1) is 9.93. The molecule has 2 aliphatic heterocycles. The molecule has 0 spiro atoms. The Morgan fingerprint density at radius 1 is 1.43 bits per heavy atom.